The second-order valence-corrected chi connectivity index (χ2v) is 18.8. The molecule has 1 spiro atoms. The van der Waals surface area contributed by atoms with E-state index in [2.05, 4.69) is 27.7 Å². The van der Waals surface area contributed by atoms with E-state index in [1.807, 2.05) is 0 Å². The van der Waals surface area contributed by atoms with Crippen LogP contribution in [0.1, 0.15) is 92.4 Å². The number of carbonyl (C=O) groups is 2. The Morgan fingerprint density at radius 1 is 0.870 bits per heavy atom. The molecule has 4 aliphatic carbocycles. The minimum atomic E-state index is -1.62. The van der Waals surface area contributed by atoms with Gasteiger partial charge in [-0.05, 0) is 85.4 Å². The van der Waals surface area contributed by atoms with Crippen LogP contribution in [0.25, 0.3) is 0 Å². The average Bonchev–Trinajstić information content (AvgIpc) is 3.58. The van der Waals surface area contributed by atoms with Crippen molar-refractivity contribution in [1.29, 1.82) is 0 Å². The predicted octanol–water partition coefficient (Wildman–Crippen LogP) is 1.83. The molecule has 8 aliphatic rings. The maximum Gasteiger partial charge on any atom is 0.303 e. The summed E-state index contributed by atoms with van der Waals surface area (Å²) in [5, 5.41) is 52.9. The summed E-state index contributed by atoms with van der Waals surface area (Å²) < 4.78 is 42.0. The molecule has 0 aromatic carbocycles. The highest BCUT2D eigenvalue weighted by atomic mass is 16.7. The number of carbonyl (C=O) groups excluding carboxylic acids is 2. The summed E-state index contributed by atoms with van der Waals surface area (Å²) in [6.07, 6.45) is -5.09. The van der Waals surface area contributed by atoms with Crippen LogP contribution in [-0.2, 0) is 42.7 Å². The lowest BCUT2D eigenvalue weighted by Gasteiger charge is -2.60. The van der Waals surface area contributed by atoms with Crippen molar-refractivity contribution in [3.05, 3.63) is 0 Å². The predicted molar refractivity (Wildman–Crippen MR) is 187 cm³/mol. The summed E-state index contributed by atoms with van der Waals surface area (Å²) >= 11 is 0. The van der Waals surface area contributed by atoms with Crippen LogP contribution in [0.4, 0.5) is 0 Å². The Hall–Kier alpha value is -1.30. The summed E-state index contributed by atoms with van der Waals surface area (Å²) in [4.78, 5) is 25.9. The largest absolute Gasteiger partial charge is 0.454 e. The fraction of sp³-hybridized carbons (Fsp3) is 0.950. The molecule has 4 heterocycles. The number of fused-ring (bicyclic) bond motifs is 7. The second-order valence-electron chi connectivity index (χ2n) is 18.8. The maximum atomic E-state index is 14.2. The van der Waals surface area contributed by atoms with Crippen LogP contribution >= 0.6 is 0 Å². The molecule has 3 unspecified atom stereocenters. The van der Waals surface area contributed by atoms with E-state index in [9.17, 15) is 35.1 Å². The molecule has 0 aromatic rings. The number of aliphatic hydroxyl groups excluding tert-OH is 5. The lowest BCUT2D eigenvalue weighted by Crippen LogP contribution is -2.61. The first-order valence-corrected chi connectivity index (χ1v) is 20.5. The Kier molecular flexibility index (Phi) is 10.6. The third-order valence-corrected chi connectivity index (χ3v) is 15.8. The van der Waals surface area contributed by atoms with Crippen LogP contribution < -0.4 is 0 Å². The number of rotatable bonds is 6. The van der Waals surface area contributed by atoms with Crippen molar-refractivity contribution in [2.45, 2.75) is 166 Å². The molecular weight excluding hydrogens is 704 g/mol. The molecule has 5 N–H and O–H groups in total. The van der Waals surface area contributed by atoms with Gasteiger partial charge in [0.1, 0.15) is 42.4 Å². The molecule has 4 saturated carbocycles. The fourth-order valence-corrected chi connectivity index (χ4v) is 12.9. The topological polar surface area (TPSA) is 200 Å². The summed E-state index contributed by atoms with van der Waals surface area (Å²) in [5.41, 5.74) is -0.0689. The summed E-state index contributed by atoms with van der Waals surface area (Å²) in [7, 11) is 0. The zero-order valence-electron chi connectivity index (χ0n) is 32.3. The first-order chi connectivity index (χ1) is 25.6. The Labute approximate surface area is 317 Å². The molecule has 8 rings (SSSR count). The van der Waals surface area contributed by atoms with E-state index in [0.29, 0.717) is 54.8 Å². The average molecular weight is 767 g/mol. The Morgan fingerprint density at radius 2 is 1.63 bits per heavy atom. The monoisotopic (exact) mass is 766 g/mol. The first-order valence-electron chi connectivity index (χ1n) is 20.5. The van der Waals surface area contributed by atoms with E-state index >= 15 is 0 Å². The van der Waals surface area contributed by atoms with Gasteiger partial charge >= 0.3 is 5.97 Å². The van der Waals surface area contributed by atoms with Gasteiger partial charge in [-0.1, -0.05) is 27.7 Å². The Morgan fingerprint density at radius 3 is 2.35 bits per heavy atom. The molecular formula is C40H62O14. The van der Waals surface area contributed by atoms with E-state index in [1.165, 1.54) is 0 Å². The molecule has 21 atom stereocenters. The number of esters is 1. The zero-order valence-corrected chi connectivity index (χ0v) is 32.3. The summed E-state index contributed by atoms with van der Waals surface area (Å²) in [6.45, 7) is 10.6. The number of Topliss-reactive ketones (excluding diaryl/α,β-unsaturated/α-hetero) is 1. The van der Waals surface area contributed by atoms with Crippen LogP contribution in [0.15, 0.2) is 0 Å². The maximum absolute atomic E-state index is 14.2. The van der Waals surface area contributed by atoms with E-state index in [0.717, 1.165) is 52.1 Å². The van der Waals surface area contributed by atoms with Gasteiger partial charge in [-0.2, -0.15) is 0 Å². The molecule has 0 radical (unpaired) electrons. The minimum Gasteiger partial charge on any atom is -0.454 e. The third kappa shape index (κ3) is 6.42. The molecule has 0 bridgehead atoms. The molecule has 14 heteroatoms. The zero-order chi connectivity index (χ0) is 38.5. The molecule has 14 nitrogen and oxygen atoms in total. The second kappa shape index (κ2) is 14.5. The molecule has 8 fully saturated rings. The number of ether oxygens (including phenoxy) is 7. The van der Waals surface area contributed by atoms with Crippen molar-refractivity contribution in [3.8, 4) is 0 Å². The van der Waals surface area contributed by atoms with Gasteiger partial charge in [0.15, 0.2) is 24.5 Å². The number of hydrogen-bond donors (Lipinski definition) is 5. The smallest absolute Gasteiger partial charge is 0.303 e. The number of ketones is 1. The molecule has 4 aliphatic heterocycles. The van der Waals surface area contributed by atoms with Crippen LogP contribution in [-0.4, -0.2) is 130 Å². The highest BCUT2D eigenvalue weighted by molar-refractivity contribution is 5.83. The van der Waals surface area contributed by atoms with Gasteiger partial charge in [0.2, 0.25) is 0 Å². The first kappa shape index (κ1) is 39.5. The molecule has 0 amide bonds. The normalized spacial score (nSPS) is 55.8. The Balaban J connectivity index is 0.906. The lowest BCUT2D eigenvalue weighted by molar-refractivity contribution is -0.330. The van der Waals surface area contributed by atoms with Crippen molar-refractivity contribution >= 4 is 11.8 Å². The minimum absolute atomic E-state index is 0.108. The van der Waals surface area contributed by atoms with Crippen molar-refractivity contribution in [2.24, 2.45) is 52.3 Å². The highest BCUT2D eigenvalue weighted by Crippen LogP contribution is 2.71. The van der Waals surface area contributed by atoms with E-state index in [4.69, 9.17) is 33.2 Å². The Bertz CT molecular complexity index is 1400. The molecule has 0 aromatic heterocycles. The van der Waals surface area contributed by atoms with Crippen LogP contribution in [0.2, 0.25) is 0 Å². The number of hydrogen-bond acceptors (Lipinski definition) is 14. The lowest BCUT2D eigenvalue weighted by atomic mass is 9.44. The highest BCUT2D eigenvalue weighted by Gasteiger charge is 2.70. The van der Waals surface area contributed by atoms with Gasteiger partial charge in [0.05, 0.1) is 32.0 Å². The SMILES string of the molecule is CC(=O)O[C@H]1[C@H](OC[C@H]2O[C@@H](O[C@H]3CC[C@@]4(C)[C@H](C3)C(=O)C[C@@H]3[C@@H]4CC[C@]4(C)C5C(C[C@@H]34)O[C@]3(CC[C@@H](C)CO3)C5C)[C@H](O)[C@@H](O)[C@@H]2O)OC[C@H](O)[C@@H]1O. The van der Waals surface area contributed by atoms with Gasteiger partial charge in [-0.3, -0.25) is 9.59 Å². The quantitative estimate of drug-likeness (QED) is 0.194. The van der Waals surface area contributed by atoms with Crippen molar-refractivity contribution in [2.75, 3.05) is 19.8 Å². The van der Waals surface area contributed by atoms with Gasteiger partial charge < -0.3 is 58.7 Å². The summed E-state index contributed by atoms with van der Waals surface area (Å²) in [5.74, 6) is 1.37. The van der Waals surface area contributed by atoms with Gasteiger partial charge in [-0.25, -0.2) is 0 Å². The van der Waals surface area contributed by atoms with Crippen molar-refractivity contribution in [1.82, 2.24) is 0 Å². The van der Waals surface area contributed by atoms with Crippen molar-refractivity contribution in [3.63, 3.8) is 0 Å². The standard InChI is InChI=1S/C40H62O14/c1-18-6-11-40(50-15-18)19(2)30-28(54-40)14-24-22-13-26(42)25-12-21(7-9-38(25,4)23(22)8-10-39(24,30)5)52-36-34(47)33(46)32(45)29(53-36)17-49-37-35(51-20(3)41)31(44)27(43)16-48-37/h18-19,21-25,27-37,43-47H,6-17H2,1-5H3/t18-,19?,21+,22-,23+,24+,25-,27+,28?,29-,30?,31+,32-,33+,34-,35-,36-,37+,38-,39+,40-/m1/s1. The molecule has 4 saturated heterocycles. The van der Waals surface area contributed by atoms with Crippen LogP contribution in [0.5, 0.6) is 0 Å². The van der Waals surface area contributed by atoms with Crippen LogP contribution in [0.3, 0.4) is 0 Å². The van der Waals surface area contributed by atoms with E-state index in [1.54, 1.807) is 0 Å². The summed E-state index contributed by atoms with van der Waals surface area (Å²) in [6, 6.07) is 0. The van der Waals surface area contributed by atoms with Gasteiger partial charge in [0.25, 0.3) is 0 Å². The van der Waals surface area contributed by atoms with Gasteiger partial charge in [0, 0.05) is 31.6 Å². The third-order valence-electron chi connectivity index (χ3n) is 15.8. The molecule has 54 heavy (non-hydrogen) atoms. The fourth-order valence-electron chi connectivity index (χ4n) is 12.9. The van der Waals surface area contributed by atoms with E-state index in [-0.39, 0.29) is 41.8 Å². The van der Waals surface area contributed by atoms with Crippen molar-refractivity contribution < 1.29 is 68.3 Å². The van der Waals surface area contributed by atoms with E-state index < -0.39 is 73.2 Å². The molecule has 306 valence electrons. The van der Waals surface area contributed by atoms with Crippen LogP contribution in [0, 0.1) is 52.3 Å². The number of aliphatic hydroxyl groups is 5. The van der Waals surface area contributed by atoms with Gasteiger partial charge in [-0.15, -0.1) is 0 Å².